The number of aromatic hydroxyl groups is 1. The van der Waals surface area contributed by atoms with Crippen LogP contribution in [0.1, 0.15) is 33.1 Å². The second kappa shape index (κ2) is 6.61. The van der Waals surface area contributed by atoms with E-state index in [2.05, 4.69) is 13.8 Å². The van der Waals surface area contributed by atoms with Crippen molar-refractivity contribution in [1.82, 2.24) is 0 Å². The molecule has 0 bridgehead atoms. The maximum absolute atomic E-state index is 9.50. The van der Waals surface area contributed by atoms with Gasteiger partial charge in [-0.3, -0.25) is 0 Å². The highest BCUT2D eigenvalue weighted by molar-refractivity contribution is 6.60. The summed E-state index contributed by atoms with van der Waals surface area (Å²) in [4.78, 5) is 0. The molecule has 4 nitrogen and oxygen atoms in total. The van der Waals surface area contributed by atoms with Gasteiger partial charge in [0.2, 0.25) is 0 Å². The van der Waals surface area contributed by atoms with E-state index in [1.54, 1.807) is 18.2 Å². The SMILES string of the molecule is CCC[C@@H]1O[Si](C)(Oc2cccc(O)c2)OC[C@@H]1CC. The molecule has 1 aliphatic heterocycles. The van der Waals surface area contributed by atoms with Crippen LogP contribution in [0.15, 0.2) is 24.3 Å². The van der Waals surface area contributed by atoms with Gasteiger partial charge in [-0.1, -0.05) is 26.3 Å². The number of benzene rings is 1. The molecule has 1 fully saturated rings. The van der Waals surface area contributed by atoms with Crippen LogP contribution in [0.4, 0.5) is 0 Å². The quantitative estimate of drug-likeness (QED) is 0.844. The maximum Gasteiger partial charge on any atom is 0.563 e. The van der Waals surface area contributed by atoms with Crippen LogP contribution in [0.25, 0.3) is 0 Å². The van der Waals surface area contributed by atoms with Gasteiger partial charge in [-0.25, -0.2) is 0 Å². The van der Waals surface area contributed by atoms with Crippen molar-refractivity contribution < 1.29 is 18.4 Å². The minimum Gasteiger partial charge on any atom is -0.508 e. The van der Waals surface area contributed by atoms with Gasteiger partial charge in [-0.05, 0) is 25.0 Å². The molecule has 1 heterocycles. The minimum absolute atomic E-state index is 0.187. The van der Waals surface area contributed by atoms with Crippen LogP contribution in [0, 0.1) is 5.92 Å². The molecule has 3 atom stereocenters. The molecule has 0 radical (unpaired) electrons. The fourth-order valence-corrected chi connectivity index (χ4v) is 4.65. The summed E-state index contributed by atoms with van der Waals surface area (Å²) in [6.45, 7) is 6.95. The summed E-state index contributed by atoms with van der Waals surface area (Å²) in [5.41, 5.74) is 0. The van der Waals surface area contributed by atoms with Crippen LogP contribution < -0.4 is 4.43 Å². The topological polar surface area (TPSA) is 47.9 Å². The molecule has 2 rings (SSSR count). The third kappa shape index (κ3) is 3.74. The summed E-state index contributed by atoms with van der Waals surface area (Å²) in [6.07, 6.45) is 3.40. The molecule has 20 heavy (non-hydrogen) atoms. The van der Waals surface area contributed by atoms with E-state index >= 15 is 0 Å². The summed E-state index contributed by atoms with van der Waals surface area (Å²) < 4.78 is 18.0. The Labute approximate surface area is 122 Å². The van der Waals surface area contributed by atoms with Crippen molar-refractivity contribution in [3.63, 3.8) is 0 Å². The molecule has 1 unspecified atom stereocenters. The third-order valence-corrected chi connectivity index (χ3v) is 5.70. The van der Waals surface area contributed by atoms with Crippen molar-refractivity contribution in [2.75, 3.05) is 6.61 Å². The van der Waals surface area contributed by atoms with Crippen LogP contribution in [0.2, 0.25) is 6.55 Å². The highest BCUT2D eigenvalue weighted by Gasteiger charge is 2.46. The van der Waals surface area contributed by atoms with E-state index in [1.165, 1.54) is 0 Å². The molecule has 112 valence electrons. The molecule has 5 heteroatoms. The largest absolute Gasteiger partial charge is 0.563 e. The van der Waals surface area contributed by atoms with Crippen LogP contribution in [0.5, 0.6) is 11.5 Å². The Morgan fingerprint density at radius 2 is 2.20 bits per heavy atom. The third-order valence-electron chi connectivity index (χ3n) is 3.67. The first-order valence-corrected chi connectivity index (χ1v) is 9.58. The van der Waals surface area contributed by atoms with Crippen molar-refractivity contribution in [2.24, 2.45) is 5.92 Å². The van der Waals surface area contributed by atoms with Gasteiger partial charge in [0.25, 0.3) is 0 Å². The summed E-state index contributed by atoms with van der Waals surface area (Å²) >= 11 is 0. The zero-order valence-corrected chi connectivity index (χ0v) is 13.5. The molecule has 1 N–H and O–H groups in total. The van der Waals surface area contributed by atoms with Gasteiger partial charge >= 0.3 is 8.80 Å². The van der Waals surface area contributed by atoms with Gasteiger partial charge in [0.1, 0.15) is 11.5 Å². The number of phenolic OH excluding ortho intramolecular Hbond substituents is 1. The van der Waals surface area contributed by atoms with Gasteiger partial charge in [-0.15, -0.1) is 0 Å². The molecule has 1 aromatic carbocycles. The van der Waals surface area contributed by atoms with Gasteiger partial charge in [0, 0.05) is 25.1 Å². The average Bonchev–Trinajstić information content (AvgIpc) is 2.39. The first-order chi connectivity index (χ1) is 9.56. The molecular weight excluding hydrogens is 272 g/mol. The summed E-state index contributed by atoms with van der Waals surface area (Å²) in [7, 11) is -2.67. The molecule has 0 saturated carbocycles. The van der Waals surface area contributed by atoms with E-state index in [9.17, 15) is 5.11 Å². The highest BCUT2D eigenvalue weighted by atomic mass is 28.4. The van der Waals surface area contributed by atoms with Crippen LogP contribution >= 0.6 is 0 Å². The maximum atomic E-state index is 9.50. The Bertz CT molecular complexity index is 440. The van der Waals surface area contributed by atoms with E-state index < -0.39 is 8.80 Å². The van der Waals surface area contributed by atoms with E-state index in [0.717, 1.165) is 19.3 Å². The smallest absolute Gasteiger partial charge is 0.508 e. The lowest BCUT2D eigenvalue weighted by molar-refractivity contribution is -0.0373. The fraction of sp³-hybridized carbons (Fsp3) is 0.600. The lowest BCUT2D eigenvalue weighted by atomic mass is 9.97. The number of hydrogen-bond acceptors (Lipinski definition) is 4. The van der Waals surface area contributed by atoms with Gasteiger partial charge < -0.3 is 18.4 Å². The van der Waals surface area contributed by atoms with Crippen LogP contribution in [0.3, 0.4) is 0 Å². The van der Waals surface area contributed by atoms with Crippen molar-refractivity contribution in [3.05, 3.63) is 24.3 Å². The summed E-state index contributed by atoms with van der Waals surface area (Å²) in [5.74, 6) is 1.24. The Morgan fingerprint density at radius 1 is 1.40 bits per heavy atom. The van der Waals surface area contributed by atoms with E-state index in [0.29, 0.717) is 18.3 Å². The molecule has 1 aromatic rings. The molecule has 1 saturated heterocycles. The molecule has 0 aromatic heterocycles. The van der Waals surface area contributed by atoms with E-state index in [-0.39, 0.29) is 11.9 Å². The highest BCUT2D eigenvalue weighted by Crippen LogP contribution is 2.31. The number of hydrogen-bond donors (Lipinski definition) is 1. The van der Waals surface area contributed by atoms with Gasteiger partial charge in [-0.2, -0.15) is 0 Å². The molecule has 0 aliphatic carbocycles. The Kier molecular flexibility index (Phi) is 5.07. The number of rotatable bonds is 5. The predicted molar refractivity (Wildman–Crippen MR) is 79.9 cm³/mol. The van der Waals surface area contributed by atoms with E-state index in [1.807, 2.05) is 12.6 Å². The summed E-state index contributed by atoms with van der Waals surface area (Å²) in [5, 5.41) is 9.50. The monoisotopic (exact) mass is 296 g/mol. The van der Waals surface area contributed by atoms with Crippen molar-refractivity contribution in [3.8, 4) is 11.5 Å². The van der Waals surface area contributed by atoms with Crippen LogP contribution in [-0.2, 0) is 8.85 Å². The standard InChI is InChI=1S/C15H24O4Si/c1-4-7-15-12(5-2)11-17-20(3,19-15)18-14-9-6-8-13(16)10-14/h6,8-10,12,15-16H,4-5,7,11H2,1-3H3/t12-,15-,20?/m0/s1. The van der Waals surface area contributed by atoms with Crippen LogP contribution in [-0.4, -0.2) is 26.6 Å². The second-order valence-corrected chi connectivity index (χ2v) is 7.84. The zero-order chi connectivity index (χ0) is 14.6. The normalized spacial score (nSPS) is 30.1. The molecular formula is C15H24O4Si. The average molecular weight is 296 g/mol. The Morgan fingerprint density at radius 3 is 2.85 bits per heavy atom. The lowest BCUT2D eigenvalue weighted by Crippen LogP contribution is -2.55. The lowest BCUT2D eigenvalue weighted by Gasteiger charge is -2.40. The van der Waals surface area contributed by atoms with Crippen molar-refractivity contribution in [1.29, 1.82) is 0 Å². The van der Waals surface area contributed by atoms with Gasteiger partial charge in [0.15, 0.2) is 0 Å². The first kappa shape index (κ1) is 15.3. The first-order valence-electron chi connectivity index (χ1n) is 7.36. The van der Waals surface area contributed by atoms with E-state index in [4.69, 9.17) is 13.3 Å². The predicted octanol–water partition coefficient (Wildman–Crippen LogP) is 3.58. The fourth-order valence-electron chi connectivity index (χ4n) is 2.55. The Balaban J connectivity index is 2.06. The molecule has 1 aliphatic rings. The summed E-state index contributed by atoms with van der Waals surface area (Å²) in [6, 6.07) is 6.77. The Hall–Kier alpha value is -1.04. The zero-order valence-electron chi connectivity index (χ0n) is 12.5. The molecule has 0 spiro atoms. The van der Waals surface area contributed by atoms with Crippen molar-refractivity contribution >= 4 is 8.80 Å². The van der Waals surface area contributed by atoms with Crippen molar-refractivity contribution in [2.45, 2.75) is 45.8 Å². The number of phenols is 1. The molecule has 0 amide bonds. The van der Waals surface area contributed by atoms with Gasteiger partial charge in [0.05, 0.1) is 6.10 Å². The minimum atomic E-state index is -2.67. The second-order valence-electron chi connectivity index (χ2n) is 5.39.